The third kappa shape index (κ3) is 44.4. The number of aliphatic imine (C=N–C) groups is 1. The standard InChI is InChI=1S/C6H11N.2C2H6/c1-3-4-5-6-7-2;2*1-2/h4-6H,3H2,1-2H3;2*1-2H3/b5-4-,7-6?;;. The Morgan fingerprint density at radius 3 is 1.82 bits per heavy atom. The minimum Gasteiger partial charge on any atom is -0.297 e. The third-order valence-corrected chi connectivity index (χ3v) is 0.607. The van der Waals surface area contributed by atoms with E-state index in [0.717, 1.165) is 6.42 Å². The van der Waals surface area contributed by atoms with Crippen LogP contribution in [-0.2, 0) is 0 Å². The monoisotopic (exact) mass is 157 g/mol. The van der Waals surface area contributed by atoms with Crippen molar-refractivity contribution < 1.29 is 0 Å². The quantitative estimate of drug-likeness (QED) is 0.542. The number of nitrogens with zero attached hydrogens (tertiary/aromatic N) is 1. The largest absolute Gasteiger partial charge is 0.297 e. The minimum atomic E-state index is 1.09. The summed E-state index contributed by atoms with van der Waals surface area (Å²) in [7, 11) is 1.76. The fourth-order valence-corrected chi connectivity index (χ4v) is 0.283. The van der Waals surface area contributed by atoms with Gasteiger partial charge in [0.25, 0.3) is 0 Å². The van der Waals surface area contributed by atoms with Crippen molar-refractivity contribution in [2.24, 2.45) is 4.99 Å². The van der Waals surface area contributed by atoms with Gasteiger partial charge >= 0.3 is 0 Å². The minimum absolute atomic E-state index is 1.09. The van der Waals surface area contributed by atoms with Crippen molar-refractivity contribution in [1.82, 2.24) is 0 Å². The molecule has 0 N–H and O–H groups in total. The summed E-state index contributed by atoms with van der Waals surface area (Å²) in [5.74, 6) is 0. The van der Waals surface area contributed by atoms with Crippen LogP contribution in [0.1, 0.15) is 41.0 Å². The second-order valence-electron chi connectivity index (χ2n) is 1.24. The Labute approximate surface area is 72.2 Å². The van der Waals surface area contributed by atoms with Crippen molar-refractivity contribution in [2.45, 2.75) is 41.0 Å². The lowest BCUT2D eigenvalue weighted by atomic mass is 10.4. The van der Waals surface area contributed by atoms with Gasteiger partial charge < -0.3 is 0 Å². The maximum Gasteiger partial charge on any atom is 0.0277 e. The molecule has 11 heavy (non-hydrogen) atoms. The van der Waals surface area contributed by atoms with E-state index in [1.807, 2.05) is 33.8 Å². The van der Waals surface area contributed by atoms with Crippen LogP contribution < -0.4 is 0 Å². The molecule has 0 aliphatic heterocycles. The number of hydrogen-bond acceptors (Lipinski definition) is 1. The summed E-state index contributed by atoms with van der Waals surface area (Å²) in [6, 6.07) is 0. The molecule has 0 aromatic rings. The topological polar surface area (TPSA) is 12.4 Å². The molecule has 0 radical (unpaired) electrons. The molecule has 0 bridgehead atoms. The number of hydrogen-bond donors (Lipinski definition) is 0. The molecule has 0 aliphatic carbocycles. The maximum atomic E-state index is 3.76. The van der Waals surface area contributed by atoms with E-state index in [1.165, 1.54) is 0 Å². The Morgan fingerprint density at radius 1 is 1.09 bits per heavy atom. The normalized spacial score (nSPS) is 8.55. The van der Waals surface area contributed by atoms with Gasteiger partial charge in [0.2, 0.25) is 0 Å². The third-order valence-electron chi connectivity index (χ3n) is 0.607. The van der Waals surface area contributed by atoms with Crippen molar-refractivity contribution in [3.8, 4) is 0 Å². The van der Waals surface area contributed by atoms with Gasteiger partial charge in [0, 0.05) is 13.3 Å². The fraction of sp³-hybridized carbons (Fsp3) is 0.700. The first kappa shape index (κ1) is 16.8. The predicted molar refractivity (Wildman–Crippen MR) is 56.5 cm³/mol. The van der Waals surface area contributed by atoms with Crippen LogP contribution in [0, 0.1) is 0 Å². The molecule has 0 aromatic carbocycles. The lowest BCUT2D eigenvalue weighted by molar-refractivity contribution is 1.23. The smallest absolute Gasteiger partial charge is 0.0277 e. The van der Waals surface area contributed by atoms with Crippen molar-refractivity contribution in [1.29, 1.82) is 0 Å². The van der Waals surface area contributed by atoms with Gasteiger partial charge in [-0.15, -0.1) is 0 Å². The average Bonchev–Trinajstić information content (AvgIpc) is 2.13. The molecule has 1 heteroatoms. The lowest BCUT2D eigenvalue weighted by Gasteiger charge is -1.70. The average molecular weight is 157 g/mol. The van der Waals surface area contributed by atoms with Crippen molar-refractivity contribution in [3.05, 3.63) is 12.2 Å². The van der Waals surface area contributed by atoms with Gasteiger partial charge in [0.15, 0.2) is 0 Å². The highest BCUT2D eigenvalue weighted by molar-refractivity contribution is 5.70. The SMILES string of the molecule is CC.CC.CC/C=C\C=NC. The van der Waals surface area contributed by atoms with E-state index < -0.39 is 0 Å². The number of allylic oxidation sites excluding steroid dienone is 2. The summed E-state index contributed by atoms with van der Waals surface area (Å²) >= 11 is 0. The molecule has 0 atom stereocenters. The van der Waals surface area contributed by atoms with Crippen LogP contribution in [-0.4, -0.2) is 13.3 Å². The molecule has 0 saturated heterocycles. The molecule has 68 valence electrons. The summed E-state index contributed by atoms with van der Waals surface area (Å²) in [6.07, 6.45) is 6.88. The van der Waals surface area contributed by atoms with E-state index in [1.54, 1.807) is 13.3 Å². The van der Waals surface area contributed by atoms with Gasteiger partial charge in [-0.05, 0) is 12.5 Å². The highest BCUT2D eigenvalue weighted by Crippen LogP contribution is 1.74. The predicted octanol–water partition coefficient (Wildman–Crippen LogP) is 3.71. The zero-order valence-corrected chi connectivity index (χ0v) is 8.89. The Morgan fingerprint density at radius 2 is 1.55 bits per heavy atom. The van der Waals surface area contributed by atoms with E-state index in [4.69, 9.17) is 0 Å². The Kier molecular flexibility index (Phi) is 52.2. The van der Waals surface area contributed by atoms with E-state index in [0.29, 0.717) is 0 Å². The van der Waals surface area contributed by atoms with Gasteiger partial charge in [-0.2, -0.15) is 0 Å². The Balaban J connectivity index is -0.000000138. The molecule has 0 spiro atoms. The first-order chi connectivity index (χ1) is 5.41. The van der Waals surface area contributed by atoms with Gasteiger partial charge in [-0.1, -0.05) is 40.7 Å². The molecule has 0 saturated carbocycles. The molecule has 0 rings (SSSR count). The second kappa shape index (κ2) is 34.2. The molecule has 0 fully saturated rings. The van der Waals surface area contributed by atoms with Crippen LogP contribution in [0.4, 0.5) is 0 Å². The first-order valence-electron chi connectivity index (χ1n) is 4.49. The van der Waals surface area contributed by atoms with E-state index in [9.17, 15) is 0 Å². The summed E-state index contributed by atoms with van der Waals surface area (Å²) in [4.78, 5) is 3.76. The van der Waals surface area contributed by atoms with Gasteiger partial charge in [-0.3, -0.25) is 4.99 Å². The van der Waals surface area contributed by atoms with E-state index in [-0.39, 0.29) is 0 Å². The Hall–Kier alpha value is -0.590. The summed E-state index contributed by atoms with van der Waals surface area (Å²) < 4.78 is 0. The zero-order valence-electron chi connectivity index (χ0n) is 8.89. The van der Waals surface area contributed by atoms with E-state index in [2.05, 4.69) is 18.0 Å². The molecule has 0 amide bonds. The van der Waals surface area contributed by atoms with Crippen molar-refractivity contribution in [3.63, 3.8) is 0 Å². The van der Waals surface area contributed by atoms with Crippen molar-refractivity contribution in [2.75, 3.05) is 7.05 Å². The molecule has 0 unspecified atom stereocenters. The molecular formula is C10H23N. The highest BCUT2D eigenvalue weighted by Gasteiger charge is 1.58. The number of rotatable bonds is 2. The van der Waals surface area contributed by atoms with Crippen LogP contribution in [0.15, 0.2) is 17.1 Å². The van der Waals surface area contributed by atoms with Crippen LogP contribution in [0.5, 0.6) is 0 Å². The molecule has 0 aromatic heterocycles. The molecule has 0 aliphatic rings. The Bertz CT molecular complexity index is 72.9. The summed E-state index contributed by atoms with van der Waals surface area (Å²) in [5.41, 5.74) is 0. The fourth-order valence-electron chi connectivity index (χ4n) is 0.283. The lowest BCUT2D eigenvalue weighted by Crippen LogP contribution is -1.59. The molecular weight excluding hydrogens is 134 g/mol. The van der Waals surface area contributed by atoms with Crippen LogP contribution >= 0.6 is 0 Å². The van der Waals surface area contributed by atoms with Crippen LogP contribution in [0.25, 0.3) is 0 Å². The summed E-state index contributed by atoms with van der Waals surface area (Å²) in [5, 5.41) is 0. The zero-order chi connectivity index (χ0) is 9.54. The second-order valence-corrected chi connectivity index (χ2v) is 1.24. The first-order valence-corrected chi connectivity index (χ1v) is 4.49. The van der Waals surface area contributed by atoms with Gasteiger partial charge in [0.1, 0.15) is 0 Å². The van der Waals surface area contributed by atoms with Crippen LogP contribution in [0.3, 0.4) is 0 Å². The van der Waals surface area contributed by atoms with Crippen LogP contribution in [0.2, 0.25) is 0 Å². The van der Waals surface area contributed by atoms with Gasteiger partial charge in [-0.25, -0.2) is 0 Å². The van der Waals surface area contributed by atoms with E-state index >= 15 is 0 Å². The van der Waals surface area contributed by atoms with Crippen molar-refractivity contribution >= 4 is 6.21 Å². The molecule has 1 nitrogen and oxygen atoms in total. The maximum absolute atomic E-state index is 3.76. The van der Waals surface area contributed by atoms with Gasteiger partial charge in [0.05, 0.1) is 0 Å². The summed E-state index contributed by atoms with van der Waals surface area (Å²) in [6.45, 7) is 10.1. The molecule has 0 heterocycles. The highest BCUT2D eigenvalue weighted by atomic mass is 14.6.